The summed E-state index contributed by atoms with van der Waals surface area (Å²) >= 11 is 0. The number of anilines is 1. The van der Waals surface area contributed by atoms with E-state index < -0.39 is 0 Å². The first-order valence-corrected chi connectivity index (χ1v) is 7.96. The fourth-order valence-electron chi connectivity index (χ4n) is 3.17. The van der Waals surface area contributed by atoms with Crippen LogP contribution in [0.3, 0.4) is 0 Å². The molecule has 1 aliphatic heterocycles. The lowest BCUT2D eigenvalue weighted by Crippen LogP contribution is -2.53. The topological polar surface area (TPSA) is 58.5 Å². The average Bonchev–Trinajstić information content (AvgIpc) is 2.81. The molecule has 3 rings (SSSR count). The third-order valence-electron chi connectivity index (χ3n) is 4.08. The van der Waals surface area contributed by atoms with Crippen molar-refractivity contribution in [1.29, 1.82) is 0 Å². The molecule has 1 saturated heterocycles. The van der Waals surface area contributed by atoms with Gasteiger partial charge in [0.05, 0.1) is 0 Å². The minimum atomic E-state index is -0.144. The molecule has 0 amide bonds. The van der Waals surface area contributed by atoms with Crippen LogP contribution in [0.15, 0.2) is 16.5 Å². The van der Waals surface area contributed by atoms with Gasteiger partial charge in [0.15, 0.2) is 5.58 Å². The highest BCUT2D eigenvalue weighted by Crippen LogP contribution is 2.26. The number of aryl methyl sites for hydroxylation is 2. The van der Waals surface area contributed by atoms with Crippen LogP contribution in [0.1, 0.15) is 25.0 Å². The quantitative estimate of drug-likeness (QED) is 0.943. The Labute approximate surface area is 132 Å². The van der Waals surface area contributed by atoms with Gasteiger partial charge in [-0.25, -0.2) is 0 Å². The lowest BCUT2D eigenvalue weighted by molar-refractivity contribution is 0.211. The van der Waals surface area contributed by atoms with Crippen LogP contribution in [0.4, 0.5) is 6.01 Å². The van der Waals surface area contributed by atoms with Gasteiger partial charge in [0.1, 0.15) is 5.52 Å². The predicted molar refractivity (Wildman–Crippen MR) is 90.4 cm³/mol. The maximum Gasteiger partial charge on any atom is 0.298 e. The van der Waals surface area contributed by atoms with E-state index in [9.17, 15) is 0 Å². The van der Waals surface area contributed by atoms with Crippen molar-refractivity contribution in [2.45, 2.75) is 33.2 Å². The van der Waals surface area contributed by atoms with Crippen LogP contribution >= 0.6 is 0 Å². The maximum atomic E-state index is 6.11. The summed E-state index contributed by atoms with van der Waals surface area (Å²) < 4.78 is 6.00. The van der Waals surface area contributed by atoms with Gasteiger partial charge >= 0.3 is 0 Å². The van der Waals surface area contributed by atoms with Crippen molar-refractivity contribution in [2.75, 3.05) is 37.6 Å². The number of piperazine rings is 1. The number of hydrogen-bond acceptors (Lipinski definition) is 5. The molecule has 1 fully saturated rings. The van der Waals surface area contributed by atoms with Gasteiger partial charge in [0, 0.05) is 38.3 Å². The van der Waals surface area contributed by atoms with E-state index in [1.54, 1.807) is 0 Å². The second kappa shape index (κ2) is 5.56. The lowest BCUT2D eigenvalue weighted by atomic mass is 10.1. The molecule has 0 unspecified atom stereocenters. The van der Waals surface area contributed by atoms with Gasteiger partial charge in [-0.2, -0.15) is 4.98 Å². The Kier molecular flexibility index (Phi) is 3.87. The molecule has 0 radical (unpaired) electrons. The molecular formula is C17H26N4O. The van der Waals surface area contributed by atoms with E-state index in [1.165, 1.54) is 5.56 Å². The van der Waals surface area contributed by atoms with Gasteiger partial charge in [-0.3, -0.25) is 4.90 Å². The average molecular weight is 302 g/mol. The van der Waals surface area contributed by atoms with E-state index >= 15 is 0 Å². The van der Waals surface area contributed by atoms with E-state index in [2.05, 4.69) is 54.6 Å². The third-order valence-corrected chi connectivity index (χ3v) is 4.08. The standard InChI is InChI=1S/C17H26N4O/c1-12-9-13(2)15-14(10-12)19-16(22-15)21-7-5-20(6-8-21)11-17(3,4)18/h9-10H,5-8,11,18H2,1-4H3. The molecule has 5 nitrogen and oxygen atoms in total. The number of benzene rings is 1. The molecular weight excluding hydrogens is 276 g/mol. The molecule has 120 valence electrons. The second-order valence-corrected chi connectivity index (χ2v) is 7.18. The Morgan fingerprint density at radius 3 is 2.50 bits per heavy atom. The fraction of sp³-hybridized carbons (Fsp3) is 0.588. The van der Waals surface area contributed by atoms with E-state index in [1.807, 2.05) is 0 Å². The highest BCUT2D eigenvalue weighted by atomic mass is 16.4. The Morgan fingerprint density at radius 1 is 1.18 bits per heavy atom. The van der Waals surface area contributed by atoms with E-state index in [-0.39, 0.29) is 5.54 Å². The molecule has 2 heterocycles. The highest BCUT2D eigenvalue weighted by molar-refractivity contribution is 5.78. The minimum Gasteiger partial charge on any atom is -0.423 e. The summed E-state index contributed by atoms with van der Waals surface area (Å²) in [5.41, 5.74) is 10.2. The second-order valence-electron chi connectivity index (χ2n) is 7.18. The van der Waals surface area contributed by atoms with Crippen molar-refractivity contribution in [3.63, 3.8) is 0 Å². The largest absolute Gasteiger partial charge is 0.423 e. The van der Waals surface area contributed by atoms with Crippen molar-refractivity contribution in [3.8, 4) is 0 Å². The lowest BCUT2D eigenvalue weighted by Gasteiger charge is -2.37. The molecule has 22 heavy (non-hydrogen) atoms. The Bertz CT molecular complexity index is 663. The Hall–Kier alpha value is -1.59. The van der Waals surface area contributed by atoms with E-state index in [0.717, 1.165) is 55.4 Å². The van der Waals surface area contributed by atoms with Crippen LogP contribution in [-0.2, 0) is 0 Å². The normalized spacial score (nSPS) is 17.4. The molecule has 1 aromatic carbocycles. The first-order valence-electron chi connectivity index (χ1n) is 7.96. The van der Waals surface area contributed by atoms with Gasteiger partial charge in [-0.1, -0.05) is 6.07 Å². The zero-order valence-electron chi connectivity index (χ0n) is 14.0. The van der Waals surface area contributed by atoms with Gasteiger partial charge in [0.25, 0.3) is 6.01 Å². The first-order chi connectivity index (χ1) is 10.3. The molecule has 0 aliphatic carbocycles. The molecule has 1 aromatic heterocycles. The Morgan fingerprint density at radius 2 is 1.86 bits per heavy atom. The summed E-state index contributed by atoms with van der Waals surface area (Å²) in [7, 11) is 0. The van der Waals surface area contributed by atoms with Crippen molar-refractivity contribution in [1.82, 2.24) is 9.88 Å². The monoisotopic (exact) mass is 302 g/mol. The van der Waals surface area contributed by atoms with Crippen LogP contribution < -0.4 is 10.6 Å². The number of oxazole rings is 1. The summed E-state index contributed by atoms with van der Waals surface area (Å²) in [6.45, 7) is 13.1. The van der Waals surface area contributed by atoms with Gasteiger partial charge in [0.2, 0.25) is 0 Å². The summed E-state index contributed by atoms with van der Waals surface area (Å²) in [5, 5.41) is 0. The molecule has 2 aromatic rings. The molecule has 2 N–H and O–H groups in total. The van der Waals surface area contributed by atoms with Gasteiger partial charge in [-0.15, -0.1) is 0 Å². The summed E-state index contributed by atoms with van der Waals surface area (Å²) in [4.78, 5) is 9.32. The number of aromatic nitrogens is 1. The summed E-state index contributed by atoms with van der Waals surface area (Å²) in [5.74, 6) is 0. The molecule has 0 bridgehead atoms. The number of hydrogen-bond donors (Lipinski definition) is 1. The maximum absolute atomic E-state index is 6.11. The number of nitrogens with two attached hydrogens (primary N) is 1. The fourth-order valence-corrected chi connectivity index (χ4v) is 3.17. The summed E-state index contributed by atoms with van der Waals surface area (Å²) in [6.07, 6.45) is 0. The molecule has 0 atom stereocenters. The molecule has 1 aliphatic rings. The molecule has 5 heteroatoms. The van der Waals surface area contributed by atoms with E-state index in [0.29, 0.717) is 0 Å². The number of nitrogens with zero attached hydrogens (tertiary/aromatic N) is 3. The Balaban J connectivity index is 1.73. The van der Waals surface area contributed by atoms with Gasteiger partial charge in [-0.05, 0) is 44.9 Å². The summed E-state index contributed by atoms with van der Waals surface area (Å²) in [6, 6.07) is 4.97. The molecule has 0 saturated carbocycles. The van der Waals surface area contributed by atoms with Gasteiger partial charge < -0.3 is 15.1 Å². The zero-order valence-corrected chi connectivity index (χ0v) is 14.0. The van der Waals surface area contributed by atoms with Crippen LogP contribution in [0.2, 0.25) is 0 Å². The highest BCUT2D eigenvalue weighted by Gasteiger charge is 2.24. The smallest absolute Gasteiger partial charge is 0.298 e. The van der Waals surface area contributed by atoms with Crippen molar-refractivity contribution in [3.05, 3.63) is 23.3 Å². The predicted octanol–water partition coefficient (Wildman–Crippen LogP) is 2.30. The first kappa shape index (κ1) is 15.3. The van der Waals surface area contributed by atoms with Crippen molar-refractivity contribution < 1.29 is 4.42 Å². The van der Waals surface area contributed by atoms with Crippen LogP contribution in [-0.4, -0.2) is 48.1 Å². The van der Waals surface area contributed by atoms with Crippen molar-refractivity contribution in [2.24, 2.45) is 5.73 Å². The van der Waals surface area contributed by atoms with Crippen molar-refractivity contribution >= 4 is 17.1 Å². The number of fused-ring (bicyclic) bond motifs is 1. The zero-order chi connectivity index (χ0) is 15.9. The minimum absolute atomic E-state index is 0.144. The van der Waals surface area contributed by atoms with Crippen LogP contribution in [0, 0.1) is 13.8 Å². The number of rotatable bonds is 3. The third kappa shape index (κ3) is 3.25. The van der Waals surface area contributed by atoms with Crippen LogP contribution in [0.25, 0.3) is 11.1 Å². The molecule has 0 spiro atoms. The van der Waals surface area contributed by atoms with E-state index in [4.69, 9.17) is 10.2 Å². The van der Waals surface area contributed by atoms with Crippen LogP contribution in [0.5, 0.6) is 0 Å². The SMILES string of the molecule is Cc1cc(C)c2oc(N3CCN(CC(C)(C)N)CC3)nc2c1.